The van der Waals surface area contributed by atoms with Crippen molar-refractivity contribution in [1.29, 1.82) is 0 Å². The lowest BCUT2D eigenvalue weighted by Crippen LogP contribution is -2.30. The van der Waals surface area contributed by atoms with Crippen molar-refractivity contribution >= 4 is 17.9 Å². The minimum atomic E-state index is -0.778. The molecule has 6 nitrogen and oxygen atoms in total. The van der Waals surface area contributed by atoms with Crippen LogP contribution in [0, 0.1) is 0 Å². The highest BCUT2D eigenvalue weighted by molar-refractivity contribution is 5.71. The van der Waals surface area contributed by atoms with Crippen molar-refractivity contribution in [2.24, 2.45) is 0 Å². The molecule has 0 fully saturated rings. The van der Waals surface area contributed by atoms with E-state index in [4.69, 9.17) is 14.2 Å². The first-order valence-corrected chi connectivity index (χ1v) is 26.1. The Balaban J connectivity index is 4.27. The zero-order valence-electron chi connectivity index (χ0n) is 40.4. The number of rotatable bonds is 47. The SMILES string of the molecule is CCC/C=C\C/C=C\CCCCCCCC(=O)OC(COC(=O)CCCCCCCCCCC)COC(=O)CCCCCCCCCCC/C=C\C/C=C\CCCCCCC. The molecule has 0 aromatic rings. The number of carbonyl (C=O) groups is 3. The predicted octanol–water partition coefficient (Wildman–Crippen LogP) is 17.1. The smallest absolute Gasteiger partial charge is 0.306 e. The molecule has 6 heteroatoms. The van der Waals surface area contributed by atoms with E-state index < -0.39 is 6.10 Å². The lowest BCUT2D eigenvalue weighted by molar-refractivity contribution is -0.167. The molecule has 0 N–H and O–H groups in total. The van der Waals surface area contributed by atoms with Crippen LogP contribution in [0.4, 0.5) is 0 Å². The maximum Gasteiger partial charge on any atom is 0.306 e. The van der Waals surface area contributed by atoms with Gasteiger partial charge in [-0.1, -0.05) is 217 Å². The molecule has 0 heterocycles. The Kier molecular flexibility index (Phi) is 47.9. The molecule has 0 aromatic carbocycles. The van der Waals surface area contributed by atoms with E-state index in [1.165, 1.54) is 128 Å². The van der Waals surface area contributed by atoms with E-state index in [2.05, 4.69) is 69.4 Å². The molecule has 0 aliphatic carbocycles. The van der Waals surface area contributed by atoms with Crippen LogP contribution in [0.2, 0.25) is 0 Å². The van der Waals surface area contributed by atoms with Crippen molar-refractivity contribution in [1.82, 2.24) is 0 Å². The summed E-state index contributed by atoms with van der Waals surface area (Å²) in [6.45, 7) is 6.54. The van der Waals surface area contributed by atoms with Crippen molar-refractivity contribution in [2.75, 3.05) is 13.2 Å². The molecule has 0 rings (SSSR count). The van der Waals surface area contributed by atoms with Crippen molar-refractivity contribution in [3.8, 4) is 0 Å². The molecular weight excluding hydrogens is 757 g/mol. The van der Waals surface area contributed by atoms with E-state index in [0.29, 0.717) is 19.3 Å². The molecule has 1 atom stereocenters. The standard InChI is InChI=1S/C55H98O6/c1-4-7-10-13-16-19-21-23-24-25-26-27-28-29-30-32-33-36-39-42-45-48-54(57)60-51-52(50-59-53(56)47-44-41-38-35-18-15-12-9-6-3)61-55(58)49-46-43-40-37-34-31-22-20-17-14-11-8-5-2/h11,14,20-23,25-26,52H,4-10,12-13,15-19,24,27-51H2,1-3H3/b14-11-,22-20-,23-21-,26-25-. The van der Waals surface area contributed by atoms with Gasteiger partial charge < -0.3 is 14.2 Å². The van der Waals surface area contributed by atoms with Gasteiger partial charge in [-0.2, -0.15) is 0 Å². The first-order valence-electron chi connectivity index (χ1n) is 26.1. The van der Waals surface area contributed by atoms with Crippen molar-refractivity contribution in [2.45, 2.75) is 271 Å². The average Bonchev–Trinajstić information content (AvgIpc) is 3.26. The second-order valence-corrected chi connectivity index (χ2v) is 17.4. The summed E-state index contributed by atoms with van der Waals surface area (Å²) in [5.41, 5.74) is 0. The summed E-state index contributed by atoms with van der Waals surface area (Å²) in [5, 5.41) is 0. The topological polar surface area (TPSA) is 78.9 Å². The third kappa shape index (κ3) is 48.3. The van der Waals surface area contributed by atoms with Gasteiger partial charge in [0.2, 0.25) is 0 Å². The first kappa shape index (κ1) is 58.4. The Morgan fingerprint density at radius 2 is 0.623 bits per heavy atom. The number of allylic oxidation sites excluding steroid dienone is 8. The first-order chi connectivity index (χ1) is 30.0. The third-order valence-electron chi connectivity index (χ3n) is 11.3. The van der Waals surface area contributed by atoms with Gasteiger partial charge in [0.05, 0.1) is 0 Å². The molecule has 0 aliphatic heterocycles. The van der Waals surface area contributed by atoms with Crippen LogP contribution in [0.3, 0.4) is 0 Å². The number of ether oxygens (including phenoxy) is 3. The zero-order valence-corrected chi connectivity index (χ0v) is 40.4. The number of unbranched alkanes of at least 4 members (excludes halogenated alkanes) is 28. The molecule has 0 saturated carbocycles. The van der Waals surface area contributed by atoms with E-state index in [0.717, 1.165) is 96.3 Å². The largest absolute Gasteiger partial charge is 0.462 e. The lowest BCUT2D eigenvalue weighted by Gasteiger charge is -2.18. The minimum absolute atomic E-state index is 0.0785. The summed E-state index contributed by atoms with van der Waals surface area (Å²) in [5.74, 6) is -0.894. The average molecular weight is 855 g/mol. The Morgan fingerprint density at radius 3 is 0.967 bits per heavy atom. The molecule has 0 radical (unpaired) electrons. The summed E-state index contributed by atoms with van der Waals surface area (Å²) in [4.78, 5) is 37.9. The number of hydrogen-bond acceptors (Lipinski definition) is 6. The summed E-state index contributed by atoms with van der Waals surface area (Å²) in [7, 11) is 0. The normalized spacial score (nSPS) is 12.4. The molecule has 0 aliphatic rings. The molecule has 354 valence electrons. The van der Waals surface area contributed by atoms with E-state index in [1.807, 2.05) is 0 Å². The molecule has 61 heavy (non-hydrogen) atoms. The second-order valence-electron chi connectivity index (χ2n) is 17.4. The van der Waals surface area contributed by atoms with Crippen molar-refractivity contribution in [3.63, 3.8) is 0 Å². The van der Waals surface area contributed by atoms with Crippen LogP contribution in [0.15, 0.2) is 48.6 Å². The number of esters is 3. The Morgan fingerprint density at radius 1 is 0.328 bits per heavy atom. The van der Waals surface area contributed by atoms with Gasteiger partial charge >= 0.3 is 17.9 Å². The fraction of sp³-hybridized carbons (Fsp3) is 0.800. The van der Waals surface area contributed by atoms with Gasteiger partial charge in [0, 0.05) is 19.3 Å². The summed E-state index contributed by atoms with van der Waals surface area (Å²) in [6.07, 6.45) is 59.6. The van der Waals surface area contributed by atoms with Gasteiger partial charge in [0.15, 0.2) is 6.10 Å². The van der Waals surface area contributed by atoms with Gasteiger partial charge in [-0.25, -0.2) is 0 Å². The van der Waals surface area contributed by atoms with Crippen LogP contribution in [0.25, 0.3) is 0 Å². The molecule has 0 spiro atoms. The molecule has 0 amide bonds. The summed E-state index contributed by atoms with van der Waals surface area (Å²) in [6, 6.07) is 0. The number of hydrogen-bond donors (Lipinski definition) is 0. The molecule has 0 bridgehead atoms. The summed E-state index contributed by atoms with van der Waals surface area (Å²) < 4.78 is 16.7. The van der Waals surface area contributed by atoms with Gasteiger partial charge in [-0.05, 0) is 77.0 Å². The molecule has 1 unspecified atom stereocenters. The fourth-order valence-electron chi connectivity index (χ4n) is 7.33. The van der Waals surface area contributed by atoms with E-state index in [-0.39, 0.29) is 31.1 Å². The monoisotopic (exact) mass is 855 g/mol. The van der Waals surface area contributed by atoms with Crippen LogP contribution >= 0.6 is 0 Å². The van der Waals surface area contributed by atoms with Gasteiger partial charge in [0.25, 0.3) is 0 Å². The highest BCUT2D eigenvalue weighted by atomic mass is 16.6. The molecular formula is C55H98O6. The maximum atomic E-state index is 12.8. The van der Waals surface area contributed by atoms with Crippen LogP contribution in [-0.2, 0) is 28.6 Å². The van der Waals surface area contributed by atoms with E-state index >= 15 is 0 Å². The zero-order chi connectivity index (χ0) is 44.4. The van der Waals surface area contributed by atoms with Crippen molar-refractivity contribution < 1.29 is 28.6 Å². The van der Waals surface area contributed by atoms with Gasteiger partial charge in [-0.15, -0.1) is 0 Å². The number of carbonyl (C=O) groups excluding carboxylic acids is 3. The predicted molar refractivity (Wildman–Crippen MR) is 261 cm³/mol. The fourth-order valence-corrected chi connectivity index (χ4v) is 7.33. The van der Waals surface area contributed by atoms with Gasteiger partial charge in [-0.3, -0.25) is 14.4 Å². The Hall–Kier alpha value is -2.63. The second kappa shape index (κ2) is 50.0. The molecule has 0 saturated heterocycles. The Bertz CT molecular complexity index is 1070. The van der Waals surface area contributed by atoms with Crippen LogP contribution in [0.1, 0.15) is 265 Å². The molecule has 0 aromatic heterocycles. The highest BCUT2D eigenvalue weighted by Gasteiger charge is 2.19. The van der Waals surface area contributed by atoms with Gasteiger partial charge in [0.1, 0.15) is 13.2 Å². The lowest BCUT2D eigenvalue weighted by atomic mass is 10.1. The third-order valence-corrected chi connectivity index (χ3v) is 11.3. The Labute approximate surface area is 378 Å². The van der Waals surface area contributed by atoms with Crippen LogP contribution in [0.5, 0.6) is 0 Å². The van der Waals surface area contributed by atoms with E-state index in [1.54, 1.807) is 0 Å². The van der Waals surface area contributed by atoms with Crippen LogP contribution < -0.4 is 0 Å². The van der Waals surface area contributed by atoms with E-state index in [9.17, 15) is 14.4 Å². The minimum Gasteiger partial charge on any atom is -0.462 e. The highest BCUT2D eigenvalue weighted by Crippen LogP contribution is 2.15. The maximum absolute atomic E-state index is 12.8. The quantitative estimate of drug-likeness (QED) is 0.0263. The van der Waals surface area contributed by atoms with Crippen LogP contribution in [-0.4, -0.2) is 37.2 Å². The van der Waals surface area contributed by atoms with Crippen molar-refractivity contribution in [3.05, 3.63) is 48.6 Å². The summed E-state index contributed by atoms with van der Waals surface area (Å²) >= 11 is 0.